The van der Waals surface area contributed by atoms with Crippen LogP contribution in [0.25, 0.3) is 0 Å². The zero-order valence-corrected chi connectivity index (χ0v) is 15.4. The van der Waals surface area contributed by atoms with Crippen LogP contribution >= 0.6 is 11.3 Å². The third-order valence-electron chi connectivity index (χ3n) is 3.48. The lowest BCUT2D eigenvalue weighted by atomic mass is 10.2. The fourth-order valence-electron chi connectivity index (χ4n) is 2.42. The van der Waals surface area contributed by atoms with Crippen LogP contribution in [0.4, 0.5) is 0 Å². The molecule has 2 N–H and O–H groups in total. The molecular formula is C18H24N4O2S. The Morgan fingerprint density at radius 2 is 1.88 bits per heavy atom. The molecule has 0 saturated heterocycles. The molecule has 0 fully saturated rings. The van der Waals surface area contributed by atoms with Gasteiger partial charge in [-0.25, -0.2) is 4.98 Å². The predicted molar refractivity (Wildman–Crippen MR) is 98.9 cm³/mol. The summed E-state index contributed by atoms with van der Waals surface area (Å²) in [6.45, 7) is 5.71. The maximum Gasteiger partial charge on any atom is 0.252 e. The molecule has 0 unspecified atom stereocenters. The third kappa shape index (κ3) is 7.03. The normalized spacial score (nSPS) is 10.7. The fourth-order valence-corrected chi connectivity index (χ4v) is 3.19. The first-order valence-corrected chi connectivity index (χ1v) is 9.19. The molecule has 2 aromatic rings. The van der Waals surface area contributed by atoms with E-state index in [4.69, 9.17) is 0 Å². The minimum Gasteiger partial charge on any atom is -0.290 e. The van der Waals surface area contributed by atoms with Gasteiger partial charge in [0.25, 0.3) is 5.91 Å². The van der Waals surface area contributed by atoms with E-state index in [0.717, 1.165) is 29.2 Å². The predicted octanol–water partition coefficient (Wildman–Crippen LogP) is 2.05. The maximum atomic E-state index is 12.1. The number of carbonyl (C=O) groups is 2. The molecule has 2 amide bonds. The van der Waals surface area contributed by atoms with E-state index in [0.29, 0.717) is 6.54 Å². The van der Waals surface area contributed by atoms with Crippen molar-refractivity contribution in [2.75, 3.05) is 13.1 Å². The van der Waals surface area contributed by atoms with E-state index < -0.39 is 0 Å². The standard InChI is InChI=1S/C18H24N4O2S/c1-3-9-22(11-15-7-5-4-6-8-15)12-17(24)21-20-16(23)10-18-19-14(2)13-25-18/h4-8,13H,3,9-12H2,1-2H3,(H,20,23)(H,21,24). The van der Waals surface area contributed by atoms with Crippen molar-refractivity contribution in [1.29, 1.82) is 0 Å². The molecule has 0 spiro atoms. The van der Waals surface area contributed by atoms with E-state index in [1.165, 1.54) is 11.3 Å². The minimum absolute atomic E-state index is 0.168. The molecule has 134 valence electrons. The summed E-state index contributed by atoms with van der Waals surface area (Å²) in [5.74, 6) is -0.499. The molecule has 25 heavy (non-hydrogen) atoms. The van der Waals surface area contributed by atoms with Crippen LogP contribution in [0.3, 0.4) is 0 Å². The van der Waals surface area contributed by atoms with Gasteiger partial charge in [0.1, 0.15) is 5.01 Å². The number of benzene rings is 1. The molecule has 1 heterocycles. The number of rotatable bonds is 8. The lowest BCUT2D eigenvalue weighted by molar-refractivity contribution is -0.129. The largest absolute Gasteiger partial charge is 0.290 e. The fraction of sp³-hybridized carbons (Fsp3) is 0.389. The number of amides is 2. The summed E-state index contributed by atoms with van der Waals surface area (Å²) in [5.41, 5.74) is 6.99. The Morgan fingerprint density at radius 1 is 1.16 bits per heavy atom. The van der Waals surface area contributed by atoms with Gasteiger partial charge in [-0.2, -0.15) is 0 Å². The summed E-state index contributed by atoms with van der Waals surface area (Å²) < 4.78 is 0. The van der Waals surface area contributed by atoms with Crippen molar-refractivity contribution in [2.24, 2.45) is 0 Å². The van der Waals surface area contributed by atoms with E-state index in [1.807, 2.05) is 42.6 Å². The van der Waals surface area contributed by atoms with Crippen LogP contribution in [-0.4, -0.2) is 34.8 Å². The van der Waals surface area contributed by atoms with Gasteiger partial charge >= 0.3 is 0 Å². The van der Waals surface area contributed by atoms with Gasteiger partial charge in [0, 0.05) is 17.6 Å². The van der Waals surface area contributed by atoms with Crippen LogP contribution in [-0.2, 0) is 22.6 Å². The lowest BCUT2D eigenvalue weighted by Crippen LogP contribution is -2.46. The Bertz CT molecular complexity index is 687. The van der Waals surface area contributed by atoms with E-state index in [1.54, 1.807) is 0 Å². The van der Waals surface area contributed by atoms with Crippen LogP contribution in [0.5, 0.6) is 0 Å². The number of hydrogen-bond acceptors (Lipinski definition) is 5. The minimum atomic E-state index is -0.271. The number of aryl methyl sites for hydroxylation is 1. The third-order valence-corrected chi connectivity index (χ3v) is 4.44. The van der Waals surface area contributed by atoms with E-state index in [9.17, 15) is 9.59 Å². The highest BCUT2D eigenvalue weighted by molar-refractivity contribution is 7.09. The van der Waals surface area contributed by atoms with Gasteiger partial charge < -0.3 is 0 Å². The first-order chi connectivity index (χ1) is 12.1. The van der Waals surface area contributed by atoms with Crippen LogP contribution in [0.2, 0.25) is 0 Å². The molecule has 1 aromatic carbocycles. The average molecular weight is 360 g/mol. The zero-order chi connectivity index (χ0) is 18.1. The van der Waals surface area contributed by atoms with Crippen LogP contribution in [0.1, 0.15) is 29.6 Å². The lowest BCUT2D eigenvalue weighted by Gasteiger charge is -2.21. The smallest absolute Gasteiger partial charge is 0.252 e. The van der Waals surface area contributed by atoms with Crippen molar-refractivity contribution in [3.63, 3.8) is 0 Å². The van der Waals surface area contributed by atoms with Crippen molar-refractivity contribution in [3.8, 4) is 0 Å². The number of aromatic nitrogens is 1. The second-order valence-electron chi connectivity index (χ2n) is 5.85. The molecule has 7 heteroatoms. The highest BCUT2D eigenvalue weighted by Gasteiger charge is 2.12. The van der Waals surface area contributed by atoms with Crippen LogP contribution in [0.15, 0.2) is 35.7 Å². The molecule has 0 atom stereocenters. The quantitative estimate of drug-likeness (QED) is 0.707. The first kappa shape index (κ1) is 19.1. The topological polar surface area (TPSA) is 74.3 Å². The van der Waals surface area contributed by atoms with Gasteiger partial charge in [0.15, 0.2) is 0 Å². The molecule has 0 bridgehead atoms. The summed E-state index contributed by atoms with van der Waals surface area (Å²) in [6, 6.07) is 10.0. The molecule has 0 aliphatic rings. The molecular weight excluding hydrogens is 336 g/mol. The Balaban J connectivity index is 1.77. The number of thiazole rings is 1. The van der Waals surface area contributed by atoms with Crippen molar-refractivity contribution < 1.29 is 9.59 Å². The maximum absolute atomic E-state index is 12.1. The summed E-state index contributed by atoms with van der Waals surface area (Å²) in [4.78, 5) is 30.2. The van der Waals surface area contributed by atoms with E-state index in [-0.39, 0.29) is 24.8 Å². The average Bonchev–Trinajstić information content (AvgIpc) is 2.99. The molecule has 0 aliphatic heterocycles. The second-order valence-corrected chi connectivity index (χ2v) is 6.79. The Morgan fingerprint density at radius 3 is 2.52 bits per heavy atom. The number of hydrogen-bond donors (Lipinski definition) is 2. The monoisotopic (exact) mass is 360 g/mol. The Labute approximate surface area is 152 Å². The van der Waals surface area contributed by atoms with Gasteiger partial charge in [0.05, 0.1) is 13.0 Å². The number of carbonyl (C=O) groups excluding carboxylic acids is 2. The second kappa shape index (κ2) is 9.90. The van der Waals surface area contributed by atoms with Crippen molar-refractivity contribution >= 4 is 23.2 Å². The van der Waals surface area contributed by atoms with Crippen molar-refractivity contribution in [1.82, 2.24) is 20.7 Å². The number of nitrogens with one attached hydrogen (secondary N) is 2. The van der Waals surface area contributed by atoms with Gasteiger partial charge in [-0.05, 0) is 25.5 Å². The summed E-state index contributed by atoms with van der Waals surface area (Å²) in [6.07, 6.45) is 1.12. The van der Waals surface area contributed by atoms with Gasteiger partial charge in [0.2, 0.25) is 5.91 Å². The summed E-state index contributed by atoms with van der Waals surface area (Å²) in [7, 11) is 0. The molecule has 2 rings (SSSR count). The number of hydrazine groups is 1. The molecule has 1 aromatic heterocycles. The summed E-state index contributed by atoms with van der Waals surface area (Å²) >= 11 is 1.44. The highest BCUT2D eigenvalue weighted by atomic mass is 32.1. The molecule has 6 nitrogen and oxygen atoms in total. The van der Waals surface area contributed by atoms with Gasteiger partial charge in [-0.1, -0.05) is 37.3 Å². The zero-order valence-electron chi connectivity index (χ0n) is 14.6. The van der Waals surface area contributed by atoms with Crippen LogP contribution in [0, 0.1) is 6.92 Å². The molecule has 0 saturated carbocycles. The van der Waals surface area contributed by atoms with Crippen molar-refractivity contribution in [2.45, 2.75) is 33.2 Å². The van der Waals surface area contributed by atoms with Gasteiger partial charge in [-0.3, -0.25) is 25.3 Å². The summed E-state index contributed by atoms with van der Waals surface area (Å²) in [5, 5.41) is 2.63. The first-order valence-electron chi connectivity index (χ1n) is 8.31. The van der Waals surface area contributed by atoms with Crippen LogP contribution < -0.4 is 10.9 Å². The van der Waals surface area contributed by atoms with E-state index in [2.05, 4.69) is 27.7 Å². The van der Waals surface area contributed by atoms with Gasteiger partial charge in [-0.15, -0.1) is 11.3 Å². The number of nitrogens with zero attached hydrogens (tertiary/aromatic N) is 2. The van der Waals surface area contributed by atoms with E-state index >= 15 is 0 Å². The highest BCUT2D eigenvalue weighted by Crippen LogP contribution is 2.08. The Hall–Kier alpha value is -2.25. The Kier molecular flexibility index (Phi) is 7.56. The van der Waals surface area contributed by atoms with Crippen molar-refractivity contribution in [3.05, 3.63) is 52.0 Å². The SMILES string of the molecule is CCCN(CC(=O)NNC(=O)Cc1nc(C)cs1)Cc1ccccc1. The molecule has 0 radical (unpaired) electrons. The molecule has 0 aliphatic carbocycles.